The van der Waals surface area contributed by atoms with Crippen molar-refractivity contribution in [2.24, 2.45) is 0 Å². The van der Waals surface area contributed by atoms with Gasteiger partial charge in [0.05, 0.1) is 7.11 Å². The second-order valence-electron chi connectivity index (χ2n) is 4.80. The summed E-state index contributed by atoms with van der Waals surface area (Å²) in [5, 5.41) is 3.61. The molecule has 17 heavy (non-hydrogen) atoms. The summed E-state index contributed by atoms with van der Waals surface area (Å²) in [5.41, 5.74) is 1.19. The van der Waals surface area contributed by atoms with Crippen molar-refractivity contribution in [2.75, 3.05) is 32.6 Å². The maximum atomic E-state index is 5.16. The van der Waals surface area contributed by atoms with Gasteiger partial charge in [-0.2, -0.15) is 0 Å². The molecule has 0 bridgehead atoms. The van der Waals surface area contributed by atoms with Gasteiger partial charge in [-0.05, 0) is 63.7 Å². The maximum absolute atomic E-state index is 5.16. The summed E-state index contributed by atoms with van der Waals surface area (Å²) in [6.07, 6.45) is 3.77. The normalized spacial score (nSPS) is 21.9. The van der Waals surface area contributed by atoms with Crippen molar-refractivity contribution in [3.05, 3.63) is 24.3 Å². The molecule has 1 heterocycles. The van der Waals surface area contributed by atoms with E-state index in [0.717, 1.165) is 5.75 Å². The predicted molar refractivity (Wildman–Crippen MR) is 71.8 cm³/mol. The predicted octanol–water partition coefficient (Wildman–Crippen LogP) is 2.59. The molecule has 0 amide bonds. The smallest absolute Gasteiger partial charge is 0.119 e. The Labute approximate surface area is 104 Å². The first kappa shape index (κ1) is 12.2. The summed E-state index contributed by atoms with van der Waals surface area (Å²) in [6.45, 7) is 2.41. The standard InChI is InChI=1S/C14H22N2O/c1-16-10-3-4-12(9-11-16)15-13-5-7-14(17-2)8-6-13/h5-8,12,15H,3-4,9-11H2,1-2H3. The Morgan fingerprint density at radius 1 is 1.18 bits per heavy atom. The van der Waals surface area contributed by atoms with Crippen molar-refractivity contribution in [3.8, 4) is 5.75 Å². The largest absolute Gasteiger partial charge is 0.497 e. The van der Waals surface area contributed by atoms with E-state index in [4.69, 9.17) is 4.74 Å². The molecular weight excluding hydrogens is 212 g/mol. The van der Waals surface area contributed by atoms with E-state index in [1.165, 1.54) is 38.0 Å². The molecule has 1 aliphatic rings. The molecule has 1 saturated heterocycles. The molecule has 3 heteroatoms. The van der Waals surface area contributed by atoms with Gasteiger partial charge < -0.3 is 15.0 Å². The van der Waals surface area contributed by atoms with Gasteiger partial charge >= 0.3 is 0 Å². The molecule has 1 N–H and O–H groups in total. The monoisotopic (exact) mass is 234 g/mol. The van der Waals surface area contributed by atoms with Gasteiger partial charge in [0.1, 0.15) is 5.75 Å². The van der Waals surface area contributed by atoms with Crippen LogP contribution in [0, 0.1) is 0 Å². The van der Waals surface area contributed by atoms with Crippen LogP contribution < -0.4 is 10.1 Å². The van der Waals surface area contributed by atoms with Crippen molar-refractivity contribution in [2.45, 2.75) is 25.3 Å². The van der Waals surface area contributed by atoms with E-state index in [1.807, 2.05) is 12.1 Å². The maximum Gasteiger partial charge on any atom is 0.119 e. The average Bonchev–Trinajstić information content (AvgIpc) is 2.56. The summed E-state index contributed by atoms with van der Waals surface area (Å²) in [4.78, 5) is 2.41. The fourth-order valence-electron chi connectivity index (χ4n) is 2.31. The number of anilines is 1. The fraction of sp³-hybridized carbons (Fsp3) is 0.571. The Bertz CT molecular complexity index is 337. The zero-order valence-electron chi connectivity index (χ0n) is 10.8. The van der Waals surface area contributed by atoms with E-state index in [-0.39, 0.29) is 0 Å². The molecular formula is C14H22N2O. The Morgan fingerprint density at radius 2 is 1.94 bits per heavy atom. The number of likely N-dealkylation sites (tertiary alicyclic amines) is 1. The topological polar surface area (TPSA) is 24.5 Å². The van der Waals surface area contributed by atoms with Crippen LogP contribution in [0.1, 0.15) is 19.3 Å². The van der Waals surface area contributed by atoms with Crippen LogP contribution in [0.5, 0.6) is 5.75 Å². The Kier molecular flexibility index (Phi) is 4.26. The van der Waals surface area contributed by atoms with E-state index < -0.39 is 0 Å². The van der Waals surface area contributed by atoms with Gasteiger partial charge in [-0.25, -0.2) is 0 Å². The van der Waals surface area contributed by atoms with Gasteiger partial charge in [0.15, 0.2) is 0 Å². The summed E-state index contributed by atoms with van der Waals surface area (Å²) in [5.74, 6) is 0.913. The minimum absolute atomic E-state index is 0.605. The molecule has 1 fully saturated rings. The minimum atomic E-state index is 0.605. The Balaban J connectivity index is 1.90. The van der Waals surface area contributed by atoms with Crippen LogP contribution in [0.15, 0.2) is 24.3 Å². The van der Waals surface area contributed by atoms with Crippen molar-refractivity contribution in [1.29, 1.82) is 0 Å². The highest BCUT2D eigenvalue weighted by Gasteiger charge is 2.14. The van der Waals surface area contributed by atoms with Crippen molar-refractivity contribution in [1.82, 2.24) is 4.90 Å². The number of methoxy groups -OCH3 is 1. The van der Waals surface area contributed by atoms with E-state index in [0.29, 0.717) is 6.04 Å². The van der Waals surface area contributed by atoms with Crippen molar-refractivity contribution >= 4 is 5.69 Å². The summed E-state index contributed by atoms with van der Waals surface area (Å²) in [6, 6.07) is 8.80. The van der Waals surface area contributed by atoms with Crippen LogP contribution in [0.25, 0.3) is 0 Å². The zero-order valence-corrected chi connectivity index (χ0v) is 10.8. The molecule has 1 aromatic carbocycles. The average molecular weight is 234 g/mol. The molecule has 0 aliphatic carbocycles. The first-order valence-corrected chi connectivity index (χ1v) is 6.37. The van der Waals surface area contributed by atoms with Crippen molar-refractivity contribution in [3.63, 3.8) is 0 Å². The molecule has 1 atom stereocenters. The third-order valence-corrected chi connectivity index (χ3v) is 3.41. The third-order valence-electron chi connectivity index (χ3n) is 3.41. The lowest BCUT2D eigenvalue weighted by Crippen LogP contribution is -2.22. The number of hydrogen-bond acceptors (Lipinski definition) is 3. The second-order valence-corrected chi connectivity index (χ2v) is 4.80. The van der Waals surface area contributed by atoms with Gasteiger partial charge in [0, 0.05) is 11.7 Å². The van der Waals surface area contributed by atoms with Crippen LogP contribution in [0.2, 0.25) is 0 Å². The number of ether oxygens (including phenoxy) is 1. The third kappa shape index (κ3) is 3.63. The van der Waals surface area contributed by atoms with Gasteiger partial charge in [-0.3, -0.25) is 0 Å². The van der Waals surface area contributed by atoms with Gasteiger partial charge in [0.25, 0.3) is 0 Å². The highest BCUT2D eigenvalue weighted by molar-refractivity contribution is 5.47. The molecule has 1 unspecified atom stereocenters. The summed E-state index contributed by atoms with van der Waals surface area (Å²) < 4.78 is 5.16. The number of rotatable bonds is 3. The van der Waals surface area contributed by atoms with Crippen LogP contribution >= 0.6 is 0 Å². The van der Waals surface area contributed by atoms with Gasteiger partial charge in [-0.1, -0.05) is 0 Å². The number of nitrogens with zero attached hydrogens (tertiary/aromatic N) is 1. The fourth-order valence-corrected chi connectivity index (χ4v) is 2.31. The van der Waals surface area contributed by atoms with Crippen LogP contribution in [-0.4, -0.2) is 38.2 Å². The van der Waals surface area contributed by atoms with E-state index in [9.17, 15) is 0 Å². The Morgan fingerprint density at radius 3 is 2.65 bits per heavy atom. The van der Waals surface area contributed by atoms with Crippen LogP contribution in [0.3, 0.4) is 0 Å². The number of benzene rings is 1. The quantitative estimate of drug-likeness (QED) is 0.870. The lowest BCUT2D eigenvalue weighted by molar-refractivity contribution is 0.348. The first-order valence-electron chi connectivity index (χ1n) is 6.37. The summed E-state index contributed by atoms with van der Waals surface area (Å²) >= 11 is 0. The number of nitrogens with one attached hydrogen (secondary N) is 1. The molecule has 0 aromatic heterocycles. The number of hydrogen-bond donors (Lipinski definition) is 1. The minimum Gasteiger partial charge on any atom is -0.497 e. The van der Waals surface area contributed by atoms with Gasteiger partial charge in [0.2, 0.25) is 0 Å². The Hall–Kier alpha value is -1.22. The van der Waals surface area contributed by atoms with E-state index >= 15 is 0 Å². The highest BCUT2D eigenvalue weighted by atomic mass is 16.5. The van der Waals surface area contributed by atoms with Gasteiger partial charge in [-0.15, -0.1) is 0 Å². The van der Waals surface area contributed by atoms with Crippen LogP contribution in [-0.2, 0) is 0 Å². The molecule has 0 spiro atoms. The molecule has 2 rings (SSSR count). The molecule has 0 saturated carbocycles. The molecule has 94 valence electrons. The van der Waals surface area contributed by atoms with E-state index in [2.05, 4.69) is 29.4 Å². The molecule has 1 aliphatic heterocycles. The first-order chi connectivity index (χ1) is 8.28. The second kappa shape index (κ2) is 5.92. The summed E-state index contributed by atoms with van der Waals surface area (Å²) in [7, 11) is 3.90. The lowest BCUT2D eigenvalue weighted by atomic mass is 10.1. The van der Waals surface area contributed by atoms with E-state index in [1.54, 1.807) is 7.11 Å². The SMILES string of the molecule is COc1ccc(NC2CCCN(C)CC2)cc1. The molecule has 0 radical (unpaired) electrons. The zero-order chi connectivity index (χ0) is 12.1. The highest BCUT2D eigenvalue weighted by Crippen LogP contribution is 2.19. The van der Waals surface area contributed by atoms with Crippen molar-refractivity contribution < 1.29 is 4.74 Å². The molecule has 1 aromatic rings. The lowest BCUT2D eigenvalue weighted by Gasteiger charge is -2.18. The van der Waals surface area contributed by atoms with Crippen LogP contribution in [0.4, 0.5) is 5.69 Å². The molecule has 3 nitrogen and oxygen atoms in total.